The number of hydrogen-bond acceptors (Lipinski definition) is 5. The Morgan fingerprint density at radius 1 is 1.17 bits per heavy atom. The normalized spacial score (nSPS) is 13.9. The fourth-order valence-electron chi connectivity index (χ4n) is 2.78. The predicted molar refractivity (Wildman–Crippen MR) is 131 cm³/mol. The largest absolute Gasteiger partial charge is 0.463 e. The minimum Gasteiger partial charge on any atom is -0.463 e. The predicted octanol–water partition coefficient (Wildman–Crippen LogP) is 2.97. The maximum atomic E-state index is 12.3. The van der Waals surface area contributed by atoms with Crippen LogP contribution in [0.5, 0.6) is 0 Å². The van der Waals surface area contributed by atoms with Gasteiger partial charge in [-0.3, -0.25) is 0 Å². The van der Waals surface area contributed by atoms with Gasteiger partial charge >= 0.3 is 0 Å². The number of benzene rings is 1. The number of aliphatic hydroxyl groups is 1. The molecule has 1 aromatic heterocycles. The zero-order valence-electron chi connectivity index (χ0n) is 17.7. The summed E-state index contributed by atoms with van der Waals surface area (Å²) >= 11 is 0. The number of aryl methyl sites for hydroxylation is 1. The summed E-state index contributed by atoms with van der Waals surface area (Å²) in [7, 11) is -3.17. The van der Waals surface area contributed by atoms with Crippen molar-refractivity contribution in [2.75, 3.05) is 25.4 Å². The van der Waals surface area contributed by atoms with Crippen molar-refractivity contribution in [1.82, 2.24) is 10.6 Å². The molecule has 2 aromatic rings. The van der Waals surface area contributed by atoms with Crippen LogP contribution in [0.2, 0.25) is 0 Å². The Kier molecular flexibility index (Phi) is 10.9. The molecule has 168 valence electrons. The molecule has 9 heteroatoms. The standard InChI is InChI=1S/C21H31N3O4S.HI/c1-4-22-20(24-16-21(3,25)19-12-11-17(2)28-19)23-13-8-14-29(26,27)15-18-9-6-5-7-10-18;/h5-7,9-12,25H,4,8,13-16H2,1-3H3,(H2,22,23,24);1H. The minimum atomic E-state index is -3.17. The zero-order chi connectivity index (χ0) is 21.3. The molecule has 0 saturated heterocycles. The van der Waals surface area contributed by atoms with Gasteiger partial charge < -0.3 is 20.2 Å². The molecular weight excluding hydrogens is 517 g/mol. The highest BCUT2D eigenvalue weighted by Crippen LogP contribution is 2.23. The number of halogens is 1. The maximum Gasteiger partial charge on any atom is 0.191 e. The van der Waals surface area contributed by atoms with Gasteiger partial charge in [0.1, 0.15) is 17.1 Å². The van der Waals surface area contributed by atoms with E-state index in [1.54, 1.807) is 19.1 Å². The molecule has 0 aliphatic carbocycles. The Labute approximate surface area is 196 Å². The molecule has 0 aliphatic heterocycles. The molecule has 1 atom stereocenters. The molecule has 1 aromatic carbocycles. The van der Waals surface area contributed by atoms with Crippen LogP contribution in [-0.4, -0.2) is 44.9 Å². The first-order chi connectivity index (χ1) is 13.7. The Morgan fingerprint density at radius 3 is 2.47 bits per heavy atom. The minimum absolute atomic E-state index is 0. The van der Waals surface area contributed by atoms with E-state index in [1.807, 2.05) is 44.2 Å². The summed E-state index contributed by atoms with van der Waals surface area (Å²) in [5.41, 5.74) is -0.430. The monoisotopic (exact) mass is 549 g/mol. The van der Waals surface area contributed by atoms with Crippen molar-refractivity contribution in [3.63, 3.8) is 0 Å². The zero-order valence-corrected chi connectivity index (χ0v) is 20.9. The molecule has 0 aliphatic rings. The van der Waals surface area contributed by atoms with E-state index in [2.05, 4.69) is 15.6 Å². The highest BCUT2D eigenvalue weighted by Gasteiger charge is 2.26. The molecule has 0 bridgehead atoms. The van der Waals surface area contributed by atoms with Crippen LogP contribution in [0.25, 0.3) is 0 Å². The van der Waals surface area contributed by atoms with E-state index in [1.165, 1.54) is 0 Å². The fraction of sp³-hybridized carbons (Fsp3) is 0.476. The first kappa shape index (κ1) is 26.4. The van der Waals surface area contributed by atoms with Gasteiger partial charge in [-0.15, -0.1) is 24.0 Å². The summed E-state index contributed by atoms with van der Waals surface area (Å²) in [6.07, 6.45) is 0.466. The topological polar surface area (TPSA) is 104 Å². The molecule has 30 heavy (non-hydrogen) atoms. The average Bonchev–Trinajstić information content (AvgIpc) is 3.11. The molecule has 0 fully saturated rings. The lowest BCUT2D eigenvalue weighted by molar-refractivity contribution is 0.0428. The smallest absolute Gasteiger partial charge is 0.191 e. The summed E-state index contributed by atoms with van der Waals surface area (Å²) in [5, 5.41) is 16.8. The van der Waals surface area contributed by atoms with Gasteiger partial charge in [0, 0.05) is 13.1 Å². The number of nitrogens with one attached hydrogen (secondary N) is 2. The van der Waals surface area contributed by atoms with Crippen molar-refractivity contribution in [1.29, 1.82) is 0 Å². The van der Waals surface area contributed by atoms with Crippen LogP contribution in [0.15, 0.2) is 51.9 Å². The Bertz CT molecular complexity index is 896. The molecule has 1 unspecified atom stereocenters. The number of furan rings is 1. The highest BCUT2D eigenvalue weighted by atomic mass is 127. The molecule has 7 nitrogen and oxygen atoms in total. The molecule has 1 heterocycles. The fourth-order valence-corrected chi connectivity index (χ4v) is 4.20. The average molecular weight is 549 g/mol. The maximum absolute atomic E-state index is 12.3. The van der Waals surface area contributed by atoms with Gasteiger partial charge in [-0.2, -0.15) is 0 Å². The van der Waals surface area contributed by atoms with Crippen molar-refractivity contribution >= 4 is 39.8 Å². The number of hydrogen-bond donors (Lipinski definition) is 3. The second-order valence-corrected chi connectivity index (χ2v) is 9.42. The van der Waals surface area contributed by atoms with Gasteiger partial charge in [0.05, 0.1) is 18.1 Å². The van der Waals surface area contributed by atoms with Gasteiger partial charge in [0.2, 0.25) is 0 Å². The Morgan fingerprint density at radius 2 is 1.87 bits per heavy atom. The van der Waals surface area contributed by atoms with E-state index >= 15 is 0 Å². The molecule has 0 radical (unpaired) electrons. The van der Waals surface area contributed by atoms with E-state index < -0.39 is 15.4 Å². The van der Waals surface area contributed by atoms with Crippen molar-refractivity contribution in [2.24, 2.45) is 4.99 Å². The van der Waals surface area contributed by atoms with Gasteiger partial charge in [-0.25, -0.2) is 13.4 Å². The summed E-state index contributed by atoms with van der Waals surface area (Å²) in [6.45, 7) is 6.63. The van der Waals surface area contributed by atoms with Crippen molar-refractivity contribution < 1.29 is 17.9 Å². The van der Waals surface area contributed by atoms with Crippen molar-refractivity contribution in [3.8, 4) is 0 Å². The Hall–Kier alpha value is -1.59. The van der Waals surface area contributed by atoms with Gasteiger partial charge in [0.15, 0.2) is 15.8 Å². The van der Waals surface area contributed by atoms with E-state index in [0.29, 0.717) is 31.2 Å². The number of nitrogens with zero attached hydrogens (tertiary/aromatic N) is 1. The molecular formula is C21H32IN3O4S. The van der Waals surface area contributed by atoms with Crippen LogP contribution in [-0.2, 0) is 21.2 Å². The number of guanidine groups is 1. The first-order valence-electron chi connectivity index (χ1n) is 9.78. The third kappa shape index (κ3) is 9.05. The third-order valence-corrected chi connectivity index (χ3v) is 6.00. The first-order valence-corrected chi connectivity index (χ1v) is 11.6. The van der Waals surface area contributed by atoms with Gasteiger partial charge in [0.25, 0.3) is 0 Å². The van der Waals surface area contributed by atoms with E-state index in [0.717, 1.165) is 11.3 Å². The Balaban J connectivity index is 0.00000450. The summed E-state index contributed by atoms with van der Waals surface area (Å²) in [6, 6.07) is 12.7. The van der Waals surface area contributed by atoms with Gasteiger partial charge in [-0.1, -0.05) is 30.3 Å². The molecule has 2 rings (SSSR count). The summed E-state index contributed by atoms with van der Waals surface area (Å²) < 4.78 is 30.0. The van der Waals surface area contributed by atoms with Crippen LogP contribution < -0.4 is 10.6 Å². The highest BCUT2D eigenvalue weighted by molar-refractivity contribution is 14.0. The second kappa shape index (κ2) is 12.3. The van der Waals surface area contributed by atoms with Crippen LogP contribution in [0.4, 0.5) is 0 Å². The second-order valence-electron chi connectivity index (χ2n) is 7.24. The quantitative estimate of drug-likeness (QED) is 0.182. The summed E-state index contributed by atoms with van der Waals surface area (Å²) in [4.78, 5) is 4.41. The number of sulfone groups is 1. The number of aliphatic imine (C=N–C) groups is 1. The molecule has 0 saturated carbocycles. The summed E-state index contributed by atoms with van der Waals surface area (Å²) in [5.74, 6) is 1.86. The van der Waals surface area contributed by atoms with Crippen LogP contribution in [0.1, 0.15) is 37.4 Å². The van der Waals surface area contributed by atoms with Crippen LogP contribution >= 0.6 is 24.0 Å². The van der Waals surface area contributed by atoms with Gasteiger partial charge in [-0.05, 0) is 44.9 Å². The third-order valence-electron chi connectivity index (χ3n) is 4.31. The van der Waals surface area contributed by atoms with E-state index in [9.17, 15) is 13.5 Å². The van der Waals surface area contributed by atoms with E-state index in [-0.39, 0.29) is 42.0 Å². The lowest BCUT2D eigenvalue weighted by atomic mass is 10.0. The molecule has 0 amide bonds. The van der Waals surface area contributed by atoms with Crippen molar-refractivity contribution in [2.45, 2.75) is 38.5 Å². The molecule has 0 spiro atoms. The van der Waals surface area contributed by atoms with E-state index in [4.69, 9.17) is 4.42 Å². The lowest BCUT2D eigenvalue weighted by Crippen LogP contribution is -2.39. The molecule has 3 N–H and O–H groups in total. The lowest BCUT2D eigenvalue weighted by Gasteiger charge is -2.19. The number of rotatable bonds is 10. The van der Waals surface area contributed by atoms with Crippen LogP contribution in [0, 0.1) is 6.92 Å². The SMILES string of the molecule is CCNC(=NCC(C)(O)c1ccc(C)o1)NCCCS(=O)(=O)Cc1ccccc1.I. The van der Waals surface area contributed by atoms with Crippen molar-refractivity contribution in [3.05, 3.63) is 59.5 Å². The van der Waals surface area contributed by atoms with Crippen LogP contribution in [0.3, 0.4) is 0 Å².